The van der Waals surface area contributed by atoms with Crippen LogP contribution in [0.15, 0.2) is 48.5 Å². The Bertz CT molecular complexity index is 475. The highest BCUT2D eigenvalue weighted by Crippen LogP contribution is 2.13. The summed E-state index contributed by atoms with van der Waals surface area (Å²) in [6.45, 7) is 4.02. The van der Waals surface area contributed by atoms with Crippen molar-refractivity contribution in [1.82, 2.24) is 0 Å². The summed E-state index contributed by atoms with van der Waals surface area (Å²) in [7, 11) is 0. The number of benzene rings is 2. The van der Waals surface area contributed by atoms with Crippen molar-refractivity contribution in [2.45, 2.75) is 20.3 Å². The normalized spacial score (nSPS) is 10.1. The van der Waals surface area contributed by atoms with E-state index in [1.165, 1.54) is 5.56 Å². The Morgan fingerprint density at radius 1 is 0.889 bits per heavy atom. The first-order chi connectivity index (χ1) is 8.63. The van der Waals surface area contributed by atoms with Crippen LogP contribution in [0.2, 0.25) is 0 Å². The standard InChI is InChI=1S/C16H16O2/c1-12-3-7-14(8-4-12)11-16(17)18-15-9-5-13(2)6-10-15/h3-10H,11H2,1-2H3. The lowest BCUT2D eigenvalue weighted by atomic mass is 10.1. The zero-order valence-electron chi connectivity index (χ0n) is 10.6. The molecule has 2 aromatic carbocycles. The fourth-order valence-electron chi connectivity index (χ4n) is 1.65. The first kappa shape index (κ1) is 12.4. The van der Waals surface area contributed by atoms with Crippen LogP contribution in [0.5, 0.6) is 5.75 Å². The molecular weight excluding hydrogens is 224 g/mol. The third-order valence-corrected chi connectivity index (χ3v) is 2.72. The molecule has 0 aromatic heterocycles. The van der Waals surface area contributed by atoms with Gasteiger partial charge in [0.15, 0.2) is 0 Å². The van der Waals surface area contributed by atoms with Gasteiger partial charge in [-0.2, -0.15) is 0 Å². The molecule has 18 heavy (non-hydrogen) atoms. The predicted octanol–water partition coefficient (Wildman–Crippen LogP) is 3.45. The summed E-state index contributed by atoms with van der Waals surface area (Å²) in [6.07, 6.45) is 0.300. The van der Waals surface area contributed by atoms with Gasteiger partial charge in [-0.1, -0.05) is 47.5 Å². The SMILES string of the molecule is Cc1ccc(CC(=O)Oc2ccc(C)cc2)cc1. The van der Waals surface area contributed by atoms with Gasteiger partial charge in [0.05, 0.1) is 6.42 Å². The van der Waals surface area contributed by atoms with E-state index < -0.39 is 0 Å². The van der Waals surface area contributed by atoms with Crippen LogP contribution < -0.4 is 4.74 Å². The number of esters is 1. The molecule has 0 aliphatic carbocycles. The van der Waals surface area contributed by atoms with Crippen molar-refractivity contribution in [2.24, 2.45) is 0 Å². The lowest BCUT2D eigenvalue weighted by Gasteiger charge is -2.05. The van der Waals surface area contributed by atoms with E-state index in [0.717, 1.165) is 11.1 Å². The second-order valence-corrected chi connectivity index (χ2v) is 4.45. The number of ether oxygens (including phenoxy) is 1. The van der Waals surface area contributed by atoms with E-state index in [1.807, 2.05) is 62.4 Å². The Morgan fingerprint density at radius 2 is 1.39 bits per heavy atom. The highest BCUT2D eigenvalue weighted by Gasteiger charge is 2.06. The number of rotatable bonds is 3. The van der Waals surface area contributed by atoms with Crippen LogP contribution in [-0.2, 0) is 11.2 Å². The maximum atomic E-state index is 11.7. The average molecular weight is 240 g/mol. The lowest BCUT2D eigenvalue weighted by molar-refractivity contribution is -0.133. The topological polar surface area (TPSA) is 26.3 Å². The van der Waals surface area contributed by atoms with Crippen LogP contribution in [0.3, 0.4) is 0 Å². The summed E-state index contributed by atoms with van der Waals surface area (Å²) >= 11 is 0. The fraction of sp³-hybridized carbons (Fsp3) is 0.188. The Labute approximate surface area is 107 Å². The van der Waals surface area contributed by atoms with Gasteiger partial charge >= 0.3 is 5.97 Å². The van der Waals surface area contributed by atoms with E-state index in [4.69, 9.17) is 4.74 Å². The van der Waals surface area contributed by atoms with Crippen molar-refractivity contribution in [3.05, 3.63) is 65.2 Å². The van der Waals surface area contributed by atoms with E-state index in [0.29, 0.717) is 12.2 Å². The predicted molar refractivity (Wildman–Crippen MR) is 71.7 cm³/mol. The van der Waals surface area contributed by atoms with Crippen molar-refractivity contribution < 1.29 is 9.53 Å². The minimum atomic E-state index is -0.234. The molecule has 2 rings (SSSR count). The fourth-order valence-corrected chi connectivity index (χ4v) is 1.65. The molecule has 0 aliphatic rings. The Hall–Kier alpha value is -2.09. The summed E-state index contributed by atoms with van der Waals surface area (Å²) in [6, 6.07) is 15.4. The molecule has 0 spiro atoms. The zero-order valence-corrected chi connectivity index (χ0v) is 10.6. The molecule has 0 bridgehead atoms. The number of aryl methyl sites for hydroxylation is 2. The highest BCUT2D eigenvalue weighted by atomic mass is 16.5. The van der Waals surface area contributed by atoms with Crippen molar-refractivity contribution in [3.63, 3.8) is 0 Å². The second kappa shape index (κ2) is 5.50. The van der Waals surface area contributed by atoms with E-state index >= 15 is 0 Å². The summed E-state index contributed by atoms with van der Waals surface area (Å²) < 4.78 is 5.26. The quantitative estimate of drug-likeness (QED) is 0.606. The van der Waals surface area contributed by atoms with Gasteiger partial charge in [0.25, 0.3) is 0 Å². The molecule has 0 amide bonds. The summed E-state index contributed by atoms with van der Waals surface area (Å²) in [4.78, 5) is 11.7. The third-order valence-electron chi connectivity index (χ3n) is 2.72. The molecule has 0 fully saturated rings. The van der Waals surface area contributed by atoms with Crippen LogP contribution in [0.4, 0.5) is 0 Å². The van der Waals surface area contributed by atoms with Crippen molar-refractivity contribution >= 4 is 5.97 Å². The molecule has 0 radical (unpaired) electrons. The van der Waals surface area contributed by atoms with Gasteiger partial charge < -0.3 is 4.74 Å². The van der Waals surface area contributed by atoms with Gasteiger partial charge in [-0.25, -0.2) is 0 Å². The molecule has 0 atom stereocenters. The van der Waals surface area contributed by atoms with Crippen LogP contribution in [0.1, 0.15) is 16.7 Å². The molecular formula is C16H16O2. The second-order valence-electron chi connectivity index (χ2n) is 4.45. The van der Waals surface area contributed by atoms with E-state index in [9.17, 15) is 4.79 Å². The minimum Gasteiger partial charge on any atom is -0.426 e. The lowest BCUT2D eigenvalue weighted by Crippen LogP contribution is -2.11. The Morgan fingerprint density at radius 3 is 1.94 bits per heavy atom. The van der Waals surface area contributed by atoms with Crippen LogP contribution in [-0.4, -0.2) is 5.97 Å². The molecule has 0 unspecified atom stereocenters. The largest absolute Gasteiger partial charge is 0.426 e. The summed E-state index contributed by atoms with van der Waals surface area (Å²) in [5.41, 5.74) is 3.30. The monoisotopic (exact) mass is 240 g/mol. The number of carbonyl (C=O) groups is 1. The van der Waals surface area contributed by atoms with Gasteiger partial charge in [0.1, 0.15) is 5.75 Å². The van der Waals surface area contributed by atoms with Gasteiger partial charge in [-0.3, -0.25) is 4.79 Å². The minimum absolute atomic E-state index is 0.234. The molecule has 0 heterocycles. The van der Waals surface area contributed by atoms with Gasteiger partial charge in [-0.05, 0) is 31.5 Å². The first-order valence-corrected chi connectivity index (χ1v) is 5.96. The van der Waals surface area contributed by atoms with Crippen LogP contribution in [0, 0.1) is 13.8 Å². The maximum absolute atomic E-state index is 11.7. The molecule has 2 heteroatoms. The number of hydrogen-bond acceptors (Lipinski definition) is 2. The van der Waals surface area contributed by atoms with Gasteiger partial charge in [0, 0.05) is 0 Å². The first-order valence-electron chi connectivity index (χ1n) is 5.96. The molecule has 0 saturated heterocycles. The van der Waals surface area contributed by atoms with E-state index in [1.54, 1.807) is 0 Å². The Kier molecular flexibility index (Phi) is 3.78. The van der Waals surface area contributed by atoms with E-state index in [2.05, 4.69) is 0 Å². The molecule has 92 valence electrons. The molecule has 0 saturated carbocycles. The highest BCUT2D eigenvalue weighted by molar-refractivity contribution is 5.75. The zero-order chi connectivity index (χ0) is 13.0. The van der Waals surface area contributed by atoms with Crippen molar-refractivity contribution in [2.75, 3.05) is 0 Å². The Balaban J connectivity index is 1.96. The van der Waals surface area contributed by atoms with Crippen LogP contribution in [0.25, 0.3) is 0 Å². The van der Waals surface area contributed by atoms with Gasteiger partial charge in [-0.15, -0.1) is 0 Å². The van der Waals surface area contributed by atoms with Gasteiger partial charge in [0.2, 0.25) is 0 Å². The maximum Gasteiger partial charge on any atom is 0.315 e. The third kappa shape index (κ3) is 3.45. The molecule has 0 aliphatic heterocycles. The van der Waals surface area contributed by atoms with Crippen molar-refractivity contribution in [1.29, 1.82) is 0 Å². The smallest absolute Gasteiger partial charge is 0.315 e. The van der Waals surface area contributed by atoms with E-state index in [-0.39, 0.29) is 5.97 Å². The van der Waals surface area contributed by atoms with Crippen LogP contribution >= 0.6 is 0 Å². The summed E-state index contributed by atoms with van der Waals surface area (Å²) in [5, 5.41) is 0. The number of hydrogen-bond donors (Lipinski definition) is 0. The van der Waals surface area contributed by atoms with Crippen molar-refractivity contribution in [3.8, 4) is 5.75 Å². The number of carbonyl (C=O) groups excluding carboxylic acids is 1. The average Bonchev–Trinajstić information content (AvgIpc) is 2.35. The molecule has 2 aromatic rings. The molecule has 0 N–H and O–H groups in total. The summed E-state index contributed by atoms with van der Waals surface area (Å²) in [5.74, 6) is 0.361. The molecule has 2 nitrogen and oxygen atoms in total.